The molecule has 3 aromatic rings. The number of hydrogen-bond donors (Lipinski definition) is 1. The Labute approximate surface area is 214 Å². The molecule has 0 spiro atoms. The van der Waals surface area contributed by atoms with Crippen LogP contribution in [0.15, 0.2) is 72.8 Å². The van der Waals surface area contributed by atoms with Gasteiger partial charge in [-0.05, 0) is 54.2 Å². The first-order valence-electron chi connectivity index (χ1n) is 12.3. The van der Waals surface area contributed by atoms with Crippen molar-refractivity contribution in [1.82, 2.24) is 10.2 Å². The number of hydrogen-bond acceptors (Lipinski definition) is 2. The Hall–Kier alpha value is -3.11. The summed E-state index contributed by atoms with van der Waals surface area (Å²) in [5.74, 6) is -0.234. The number of carbonyl (C=O) groups is 2. The van der Waals surface area contributed by atoms with Crippen LogP contribution in [0.1, 0.15) is 47.6 Å². The molecule has 0 saturated carbocycles. The van der Waals surface area contributed by atoms with E-state index in [1.165, 1.54) is 5.56 Å². The lowest BCUT2D eigenvalue weighted by Crippen LogP contribution is -2.51. The van der Waals surface area contributed by atoms with E-state index in [0.717, 1.165) is 35.1 Å². The summed E-state index contributed by atoms with van der Waals surface area (Å²) < 4.78 is 0. The van der Waals surface area contributed by atoms with Crippen molar-refractivity contribution in [3.05, 3.63) is 106 Å². The number of amides is 2. The molecule has 0 fully saturated rings. The van der Waals surface area contributed by atoms with Crippen LogP contribution < -0.4 is 5.32 Å². The second-order valence-electron chi connectivity index (χ2n) is 9.06. The lowest BCUT2D eigenvalue weighted by atomic mass is 10.00. The van der Waals surface area contributed by atoms with E-state index < -0.39 is 6.04 Å². The van der Waals surface area contributed by atoms with Crippen LogP contribution in [0.25, 0.3) is 0 Å². The highest BCUT2D eigenvalue weighted by Gasteiger charge is 2.30. The van der Waals surface area contributed by atoms with Crippen LogP contribution in [0.2, 0.25) is 5.02 Å². The maximum atomic E-state index is 13.8. The Kier molecular flexibility index (Phi) is 9.92. The van der Waals surface area contributed by atoms with E-state index in [9.17, 15) is 9.59 Å². The quantitative estimate of drug-likeness (QED) is 0.332. The van der Waals surface area contributed by atoms with Crippen LogP contribution in [-0.4, -0.2) is 29.3 Å². The summed E-state index contributed by atoms with van der Waals surface area (Å²) in [5.41, 5.74) is 5.10. The number of benzene rings is 3. The van der Waals surface area contributed by atoms with Gasteiger partial charge in [-0.2, -0.15) is 0 Å². The minimum atomic E-state index is -0.649. The molecule has 0 bridgehead atoms. The van der Waals surface area contributed by atoms with Crippen LogP contribution in [0.4, 0.5) is 0 Å². The smallest absolute Gasteiger partial charge is 0.243 e. The second kappa shape index (κ2) is 13.1. The van der Waals surface area contributed by atoms with E-state index in [0.29, 0.717) is 18.0 Å². The van der Waals surface area contributed by atoms with Crippen molar-refractivity contribution >= 4 is 23.4 Å². The number of aryl methyl sites for hydroxylation is 2. The Morgan fingerprint density at radius 1 is 0.914 bits per heavy atom. The van der Waals surface area contributed by atoms with Gasteiger partial charge in [-0.3, -0.25) is 9.59 Å². The average Bonchev–Trinajstić information content (AvgIpc) is 2.85. The molecule has 0 aliphatic rings. The third kappa shape index (κ3) is 7.69. The van der Waals surface area contributed by atoms with Crippen molar-refractivity contribution in [2.75, 3.05) is 6.54 Å². The third-order valence-electron chi connectivity index (χ3n) is 6.33. The van der Waals surface area contributed by atoms with Crippen molar-refractivity contribution in [2.45, 2.75) is 59.0 Å². The minimum absolute atomic E-state index is 0.0975. The van der Waals surface area contributed by atoms with Gasteiger partial charge in [0.05, 0.1) is 6.42 Å². The Morgan fingerprint density at radius 2 is 1.63 bits per heavy atom. The monoisotopic (exact) mass is 490 g/mol. The lowest BCUT2D eigenvalue weighted by molar-refractivity contribution is -0.140. The molecule has 1 atom stereocenters. The largest absolute Gasteiger partial charge is 0.354 e. The number of carbonyl (C=O) groups excluding carboxylic acids is 2. The van der Waals surface area contributed by atoms with Gasteiger partial charge < -0.3 is 10.2 Å². The molecule has 5 heteroatoms. The Bertz CT molecular complexity index is 1130. The molecule has 184 valence electrons. The van der Waals surface area contributed by atoms with Gasteiger partial charge in [-0.1, -0.05) is 91.7 Å². The highest BCUT2D eigenvalue weighted by Crippen LogP contribution is 2.22. The molecular weight excluding hydrogens is 456 g/mol. The molecule has 35 heavy (non-hydrogen) atoms. The maximum absolute atomic E-state index is 13.8. The number of nitrogens with one attached hydrogen (secondary N) is 1. The van der Waals surface area contributed by atoms with E-state index in [-0.39, 0.29) is 24.8 Å². The first-order valence-corrected chi connectivity index (χ1v) is 12.7. The van der Waals surface area contributed by atoms with E-state index in [2.05, 4.69) is 25.2 Å². The number of unbranched alkanes of at least 4 members (excludes halogenated alkanes) is 1. The van der Waals surface area contributed by atoms with Crippen molar-refractivity contribution in [2.24, 2.45) is 0 Å². The van der Waals surface area contributed by atoms with Gasteiger partial charge in [-0.25, -0.2) is 0 Å². The molecule has 0 heterocycles. The summed E-state index contributed by atoms with van der Waals surface area (Å²) in [6.07, 6.45) is 2.53. The molecule has 0 radical (unpaired) electrons. The molecule has 0 aromatic heterocycles. The van der Waals surface area contributed by atoms with Crippen molar-refractivity contribution < 1.29 is 9.59 Å². The van der Waals surface area contributed by atoms with E-state index in [1.807, 2.05) is 73.7 Å². The van der Waals surface area contributed by atoms with Crippen LogP contribution in [0.5, 0.6) is 0 Å². The van der Waals surface area contributed by atoms with Gasteiger partial charge in [0.25, 0.3) is 0 Å². The van der Waals surface area contributed by atoms with Crippen LogP contribution in [0, 0.1) is 13.8 Å². The third-order valence-corrected chi connectivity index (χ3v) is 6.69. The van der Waals surface area contributed by atoms with Gasteiger partial charge in [-0.15, -0.1) is 0 Å². The summed E-state index contributed by atoms with van der Waals surface area (Å²) in [6.45, 7) is 7.05. The molecule has 1 unspecified atom stereocenters. The van der Waals surface area contributed by atoms with Gasteiger partial charge in [0.2, 0.25) is 11.8 Å². The molecule has 0 saturated heterocycles. The van der Waals surface area contributed by atoms with E-state index in [1.54, 1.807) is 4.90 Å². The van der Waals surface area contributed by atoms with Crippen molar-refractivity contribution in [3.8, 4) is 0 Å². The molecular formula is C30H35ClN2O2. The predicted octanol–water partition coefficient (Wildman–Crippen LogP) is 6.06. The summed E-state index contributed by atoms with van der Waals surface area (Å²) in [5, 5.41) is 3.64. The zero-order chi connectivity index (χ0) is 25.2. The number of nitrogens with zero attached hydrogens (tertiary/aromatic N) is 1. The van der Waals surface area contributed by atoms with Gasteiger partial charge >= 0.3 is 0 Å². The van der Waals surface area contributed by atoms with E-state index in [4.69, 9.17) is 11.6 Å². The zero-order valence-electron chi connectivity index (χ0n) is 20.9. The zero-order valence-corrected chi connectivity index (χ0v) is 21.6. The fraction of sp³-hybridized carbons (Fsp3) is 0.333. The average molecular weight is 491 g/mol. The summed E-state index contributed by atoms with van der Waals surface area (Å²) in [7, 11) is 0. The van der Waals surface area contributed by atoms with Crippen molar-refractivity contribution in [1.29, 1.82) is 0 Å². The van der Waals surface area contributed by atoms with Crippen LogP contribution >= 0.6 is 11.6 Å². The molecule has 0 aliphatic heterocycles. The van der Waals surface area contributed by atoms with E-state index >= 15 is 0 Å². The molecule has 4 nitrogen and oxygen atoms in total. The second-order valence-corrected chi connectivity index (χ2v) is 9.47. The summed E-state index contributed by atoms with van der Waals surface area (Å²) in [4.78, 5) is 28.9. The number of halogens is 1. The molecule has 2 amide bonds. The first-order chi connectivity index (χ1) is 16.9. The summed E-state index contributed by atoms with van der Waals surface area (Å²) >= 11 is 6.48. The highest BCUT2D eigenvalue weighted by molar-refractivity contribution is 6.31. The maximum Gasteiger partial charge on any atom is 0.243 e. The summed E-state index contributed by atoms with van der Waals surface area (Å²) in [6, 6.07) is 22.8. The fourth-order valence-electron chi connectivity index (χ4n) is 4.06. The highest BCUT2D eigenvalue weighted by atomic mass is 35.5. The standard InChI is InChI=1S/C30H35ClN2O2/c1-4-5-17-32-30(35)28(19-24-11-7-6-8-12-24)33(21-26-13-9-10-14-27(26)31)29(34)20-25-16-15-22(2)23(3)18-25/h6-16,18,28H,4-5,17,19-21H2,1-3H3,(H,32,35). The normalized spacial score (nSPS) is 11.7. The Morgan fingerprint density at radius 3 is 2.31 bits per heavy atom. The van der Waals surface area contributed by atoms with Crippen LogP contribution in [-0.2, 0) is 29.0 Å². The minimum Gasteiger partial charge on any atom is -0.354 e. The Balaban J connectivity index is 1.96. The predicted molar refractivity (Wildman–Crippen MR) is 143 cm³/mol. The van der Waals surface area contributed by atoms with Gasteiger partial charge in [0.1, 0.15) is 6.04 Å². The fourth-order valence-corrected chi connectivity index (χ4v) is 4.26. The molecule has 0 aliphatic carbocycles. The lowest BCUT2D eigenvalue weighted by Gasteiger charge is -2.32. The molecule has 1 N–H and O–H groups in total. The topological polar surface area (TPSA) is 49.4 Å². The first kappa shape index (κ1) is 26.5. The van der Waals surface area contributed by atoms with Gasteiger partial charge in [0, 0.05) is 24.5 Å². The van der Waals surface area contributed by atoms with Gasteiger partial charge in [0.15, 0.2) is 0 Å². The SMILES string of the molecule is CCCCNC(=O)C(Cc1ccccc1)N(Cc1ccccc1Cl)C(=O)Cc1ccc(C)c(C)c1. The molecule has 3 rings (SSSR count). The number of rotatable bonds is 11. The van der Waals surface area contributed by atoms with Crippen molar-refractivity contribution in [3.63, 3.8) is 0 Å². The van der Waals surface area contributed by atoms with Crippen LogP contribution in [0.3, 0.4) is 0 Å². The molecule has 3 aromatic carbocycles.